The van der Waals surface area contributed by atoms with Crippen LogP contribution in [0.15, 0.2) is 69.6 Å². The minimum atomic E-state index is -0.192. The molecule has 0 aliphatic heterocycles. The molecule has 0 spiro atoms. The molecule has 3 aromatic rings. The van der Waals surface area contributed by atoms with Crippen molar-refractivity contribution >= 4 is 21.8 Å². The number of carbonyl (C=O) groups excluding carboxylic acids is 1. The van der Waals surface area contributed by atoms with Gasteiger partial charge in [0.05, 0.1) is 6.54 Å². The van der Waals surface area contributed by atoms with Gasteiger partial charge in [-0.25, -0.2) is 0 Å². The fourth-order valence-electron chi connectivity index (χ4n) is 2.26. The zero-order valence-electron chi connectivity index (χ0n) is 13.8. The van der Waals surface area contributed by atoms with Crippen molar-refractivity contribution < 1.29 is 13.9 Å². The van der Waals surface area contributed by atoms with E-state index in [1.807, 2.05) is 67.6 Å². The van der Waals surface area contributed by atoms with Gasteiger partial charge in [0.2, 0.25) is 0 Å². The standard InChI is InChI=1S/C20H18BrNO3/c1-14-2-8-17(9-3-14)24-13-20(23)22-12-18-10-11-19(25-18)15-4-6-16(21)7-5-15/h2-11H,12-13H2,1H3,(H,22,23). The van der Waals surface area contributed by atoms with Crippen LogP contribution in [0.3, 0.4) is 0 Å². The van der Waals surface area contributed by atoms with E-state index in [9.17, 15) is 4.79 Å². The quantitative estimate of drug-likeness (QED) is 0.652. The minimum absolute atomic E-state index is 0.0245. The average Bonchev–Trinajstić information content (AvgIpc) is 3.09. The molecule has 0 fully saturated rings. The lowest BCUT2D eigenvalue weighted by Gasteiger charge is -2.07. The molecule has 128 valence electrons. The van der Waals surface area contributed by atoms with Gasteiger partial charge < -0.3 is 14.5 Å². The number of furan rings is 1. The van der Waals surface area contributed by atoms with Crippen LogP contribution < -0.4 is 10.1 Å². The first-order valence-corrected chi connectivity index (χ1v) is 8.70. The number of rotatable bonds is 6. The van der Waals surface area contributed by atoms with Gasteiger partial charge >= 0.3 is 0 Å². The molecule has 5 heteroatoms. The third kappa shape index (κ3) is 4.97. The van der Waals surface area contributed by atoms with E-state index in [4.69, 9.17) is 9.15 Å². The van der Waals surface area contributed by atoms with Crippen LogP contribution in [0.4, 0.5) is 0 Å². The SMILES string of the molecule is Cc1ccc(OCC(=O)NCc2ccc(-c3ccc(Br)cc3)o2)cc1. The molecule has 3 rings (SSSR count). The van der Waals surface area contributed by atoms with E-state index in [-0.39, 0.29) is 12.5 Å². The smallest absolute Gasteiger partial charge is 0.258 e. The summed E-state index contributed by atoms with van der Waals surface area (Å²) in [5.74, 6) is 1.95. The minimum Gasteiger partial charge on any atom is -0.484 e. The zero-order valence-corrected chi connectivity index (χ0v) is 15.4. The molecule has 1 aromatic heterocycles. The topological polar surface area (TPSA) is 51.5 Å². The third-order valence-electron chi connectivity index (χ3n) is 3.64. The Bertz CT molecular complexity index is 838. The van der Waals surface area contributed by atoms with Crippen LogP contribution in [0.2, 0.25) is 0 Å². The Labute approximate surface area is 154 Å². The maximum Gasteiger partial charge on any atom is 0.258 e. The molecular weight excluding hydrogens is 382 g/mol. The van der Waals surface area contributed by atoms with Crippen LogP contribution >= 0.6 is 15.9 Å². The Morgan fingerprint density at radius 1 is 1.04 bits per heavy atom. The summed E-state index contributed by atoms with van der Waals surface area (Å²) in [5.41, 5.74) is 2.14. The second kappa shape index (κ2) is 8.03. The second-order valence-corrected chi connectivity index (χ2v) is 6.57. The van der Waals surface area contributed by atoms with E-state index in [0.717, 1.165) is 21.4 Å². The van der Waals surface area contributed by atoms with Crippen molar-refractivity contribution in [1.29, 1.82) is 0 Å². The van der Waals surface area contributed by atoms with E-state index in [0.29, 0.717) is 18.1 Å². The van der Waals surface area contributed by atoms with E-state index in [2.05, 4.69) is 21.2 Å². The van der Waals surface area contributed by atoms with Crippen molar-refractivity contribution in [2.24, 2.45) is 0 Å². The third-order valence-corrected chi connectivity index (χ3v) is 4.17. The summed E-state index contributed by atoms with van der Waals surface area (Å²) in [6.45, 7) is 2.30. The molecule has 0 aliphatic rings. The molecule has 0 unspecified atom stereocenters. The van der Waals surface area contributed by atoms with Gasteiger partial charge in [-0.05, 0) is 43.3 Å². The summed E-state index contributed by atoms with van der Waals surface area (Å²) in [6, 6.07) is 19.2. The first-order chi connectivity index (χ1) is 12.1. The van der Waals surface area contributed by atoms with Crippen molar-refractivity contribution in [2.75, 3.05) is 6.61 Å². The molecule has 0 saturated carbocycles. The Balaban J connectivity index is 1.49. The van der Waals surface area contributed by atoms with E-state index in [1.165, 1.54) is 0 Å². The van der Waals surface area contributed by atoms with E-state index < -0.39 is 0 Å². The molecule has 2 aromatic carbocycles. The van der Waals surface area contributed by atoms with Gasteiger partial charge in [0.25, 0.3) is 5.91 Å². The van der Waals surface area contributed by atoms with Crippen LogP contribution in [-0.2, 0) is 11.3 Å². The highest BCUT2D eigenvalue weighted by molar-refractivity contribution is 9.10. The number of carbonyl (C=O) groups is 1. The lowest BCUT2D eigenvalue weighted by Crippen LogP contribution is -2.28. The number of amides is 1. The highest BCUT2D eigenvalue weighted by Gasteiger charge is 2.07. The summed E-state index contributed by atoms with van der Waals surface area (Å²) in [5, 5.41) is 2.79. The molecule has 0 saturated heterocycles. The van der Waals surface area contributed by atoms with Gasteiger partial charge in [0.15, 0.2) is 6.61 Å². The predicted octanol–water partition coefficient (Wildman–Crippen LogP) is 4.71. The Kier molecular flexibility index (Phi) is 5.56. The van der Waals surface area contributed by atoms with Crippen LogP contribution in [-0.4, -0.2) is 12.5 Å². The Hall–Kier alpha value is -2.53. The van der Waals surface area contributed by atoms with E-state index >= 15 is 0 Å². The molecule has 1 amide bonds. The number of nitrogens with one attached hydrogen (secondary N) is 1. The molecular formula is C20H18BrNO3. The first-order valence-electron chi connectivity index (χ1n) is 7.91. The van der Waals surface area contributed by atoms with Gasteiger partial charge in [0.1, 0.15) is 17.3 Å². The fourth-order valence-corrected chi connectivity index (χ4v) is 2.53. The van der Waals surface area contributed by atoms with Crippen LogP contribution in [0.25, 0.3) is 11.3 Å². The van der Waals surface area contributed by atoms with Gasteiger partial charge in [-0.2, -0.15) is 0 Å². The zero-order chi connectivity index (χ0) is 17.6. The largest absolute Gasteiger partial charge is 0.484 e. The van der Waals surface area contributed by atoms with Crippen LogP contribution in [0.5, 0.6) is 5.75 Å². The van der Waals surface area contributed by atoms with E-state index in [1.54, 1.807) is 0 Å². The van der Waals surface area contributed by atoms with Crippen molar-refractivity contribution in [3.8, 4) is 17.1 Å². The molecule has 0 radical (unpaired) electrons. The first kappa shape index (κ1) is 17.3. The number of ether oxygens (including phenoxy) is 1. The van der Waals surface area contributed by atoms with Crippen molar-refractivity contribution in [3.63, 3.8) is 0 Å². The summed E-state index contributed by atoms with van der Waals surface area (Å²) in [6.07, 6.45) is 0. The Morgan fingerprint density at radius 2 is 1.76 bits per heavy atom. The monoisotopic (exact) mass is 399 g/mol. The Morgan fingerprint density at radius 3 is 2.48 bits per heavy atom. The van der Waals surface area contributed by atoms with Gasteiger partial charge in [0, 0.05) is 10.0 Å². The van der Waals surface area contributed by atoms with Crippen LogP contribution in [0, 0.1) is 6.92 Å². The average molecular weight is 400 g/mol. The summed E-state index contributed by atoms with van der Waals surface area (Å²) < 4.78 is 12.2. The number of benzene rings is 2. The summed E-state index contributed by atoms with van der Waals surface area (Å²) in [4.78, 5) is 11.9. The van der Waals surface area contributed by atoms with Crippen molar-refractivity contribution in [2.45, 2.75) is 13.5 Å². The lowest BCUT2D eigenvalue weighted by molar-refractivity contribution is -0.123. The number of hydrogen-bond acceptors (Lipinski definition) is 3. The normalized spacial score (nSPS) is 10.5. The number of aryl methyl sites for hydroxylation is 1. The molecule has 0 bridgehead atoms. The molecule has 0 atom stereocenters. The maximum absolute atomic E-state index is 11.9. The highest BCUT2D eigenvalue weighted by atomic mass is 79.9. The van der Waals surface area contributed by atoms with Gasteiger partial charge in [-0.3, -0.25) is 4.79 Å². The van der Waals surface area contributed by atoms with Crippen molar-refractivity contribution in [1.82, 2.24) is 5.32 Å². The van der Waals surface area contributed by atoms with Gasteiger partial charge in [-0.1, -0.05) is 45.8 Å². The fraction of sp³-hybridized carbons (Fsp3) is 0.150. The predicted molar refractivity (Wildman–Crippen MR) is 100 cm³/mol. The lowest BCUT2D eigenvalue weighted by atomic mass is 10.2. The maximum atomic E-state index is 11.9. The molecule has 0 aliphatic carbocycles. The molecule has 4 nitrogen and oxygen atoms in total. The summed E-state index contributed by atoms with van der Waals surface area (Å²) in [7, 11) is 0. The highest BCUT2D eigenvalue weighted by Crippen LogP contribution is 2.23. The molecule has 1 heterocycles. The number of hydrogen-bond donors (Lipinski definition) is 1. The van der Waals surface area contributed by atoms with Gasteiger partial charge in [-0.15, -0.1) is 0 Å². The summed E-state index contributed by atoms with van der Waals surface area (Å²) >= 11 is 3.41. The molecule has 1 N–H and O–H groups in total. The van der Waals surface area contributed by atoms with Crippen LogP contribution in [0.1, 0.15) is 11.3 Å². The molecule has 25 heavy (non-hydrogen) atoms. The number of halogens is 1. The second-order valence-electron chi connectivity index (χ2n) is 5.65. The van der Waals surface area contributed by atoms with Crippen molar-refractivity contribution in [3.05, 3.63) is 76.5 Å².